The highest BCUT2D eigenvalue weighted by Crippen LogP contribution is 2.62. The molecule has 8 nitrogen and oxygen atoms in total. The van der Waals surface area contributed by atoms with Crippen LogP contribution < -0.4 is 4.90 Å². The normalized spacial score (nSPS) is 38.1. The first-order valence-electron chi connectivity index (χ1n) is 12.0. The molecule has 9 heteroatoms. The number of aromatic nitrogens is 1. The van der Waals surface area contributed by atoms with Crippen LogP contribution in [0.2, 0.25) is 0 Å². The second-order valence-electron chi connectivity index (χ2n) is 11.2. The first-order valence-corrected chi connectivity index (χ1v) is 12.9. The van der Waals surface area contributed by atoms with Crippen molar-refractivity contribution in [3.05, 3.63) is 34.4 Å². The molecule has 3 N–H and O–H groups in total. The van der Waals surface area contributed by atoms with E-state index in [-0.39, 0.29) is 23.2 Å². The Kier molecular flexibility index (Phi) is 6.32. The van der Waals surface area contributed by atoms with E-state index < -0.39 is 47.3 Å². The molecule has 0 saturated heterocycles. The Labute approximate surface area is 210 Å². The number of aliphatic hydroxyl groups is 3. The predicted molar refractivity (Wildman–Crippen MR) is 133 cm³/mol. The van der Waals surface area contributed by atoms with Crippen molar-refractivity contribution in [3.8, 4) is 0 Å². The Bertz CT molecular complexity index is 1110. The van der Waals surface area contributed by atoms with Gasteiger partial charge in [0.05, 0.1) is 17.7 Å². The first kappa shape index (κ1) is 26.0. The second-order valence-corrected chi connectivity index (χ2v) is 12.0. The lowest BCUT2D eigenvalue weighted by Gasteiger charge is -2.48. The lowest BCUT2D eigenvalue weighted by molar-refractivity contribution is -0.189. The number of amides is 1. The number of carbonyl (C=O) groups excluding carboxylic acids is 2. The number of ketones is 1. The van der Waals surface area contributed by atoms with E-state index in [9.17, 15) is 24.9 Å². The maximum absolute atomic E-state index is 14.4. The fraction of sp³-hybridized carbons (Fsp3) is 0.654. The smallest absolute Gasteiger partial charge is 0.416 e. The molecule has 1 aromatic heterocycles. The summed E-state index contributed by atoms with van der Waals surface area (Å²) < 4.78 is 5.86. The van der Waals surface area contributed by atoms with Gasteiger partial charge in [0.1, 0.15) is 6.10 Å². The number of Topliss-reactive ketones (excluding diaryl/α,β-unsaturated/α-hetero) is 1. The number of allylic oxidation sites excluding steroid dienone is 1. The van der Waals surface area contributed by atoms with Crippen LogP contribution in [0.4, 0.5) is 9.93 Å². The Hall–Kier alpha value is -2.07. The molecule has 1 heterocycles. The van der Waals surface area contributed by atoms with E-state index in [2.05, 4.69) is 11.9 Å². The highest BCUT2D eigenvalue weighted by Gasteiger charge is 2.73. The average Bonchev–Trinajstić information content (AvgIpc) is 3.30. The molecule has 3 aliphatic carbocycles. The summed E-state index contributed by atoms with van der Waals surface area (Å²) in [7, 11) is 1.52. The van der Waals surface area contributed by atoms with E-state index in [4.69, 9.17) is 4.74 Å². The van der Waals surface area contributed by atoms with Gasteiger partial charge >= 0.3 is 6.09 Å². The van der Waals surface area contributed by atoms with Crippen molar-refractivity contribution < 1.29 is 29.6 Å². The first-order chi connectivity index (χ1) is 16.2. The molecule has 1 spiro atoms. The van der Waals surface area contributed by atoms with E-state index in [0.29, 0.717) is 17.1 Å². The van der Waals surface area contributed by atoms with Crippen LogP contribution in [0.15, 0.2) is 28.7 Å². The van der Waals surface area contributed by atoms with Gasteiger partial charge in [-0.1, -0.05) is 39.8 Å². The van der Waals surface area contributed by atoms with Crippen LogP contribution in [0, 0.1) is 35.5 Å². The number of nitrogens with zero attached hydrogens (tertiary/aromatic N) is 2. The molecule has 0 aliphatic heterocycles. The number of ether oxygens (including phenoxy) is 1. The fourth-order valence-electron chi connectivity index (χ4n) is 6.41. The number of hydrogen-bond acceptors (Lipinski definition) is 8. The third-order valence-corrected chi connectivity index (χ3v) is 9.93. The van der Waals surface area contributed by atoms with Gasteiger partial charge in [0.15, 0.2) is 22.6 Å². The number of carbonyl (C=O) groups is 2. The molecule has 1 amide bonds. The molecule has 4 rings (SSSR count). The maximum atomic E-state index is 14.4. The van der Waals surface area contributed by atoms with Crippen LogP contribution in [-0.2, 0) is 9.53 Å². The van der Waals surface area contributed by atoms with Crippen LogP contribution >= 0.6 is 11.3 Å². The molecule has 1 saturated carbocycles. The van der Waals surface area contributed by atoms with E-state index in [1.807, 2.05) is 33.1 Å². The summed E-state index contributed by atoms with van der Waals surface area (Å²) in [6.45, 7) is 11.0. The molecule has 3 aliphatic rings. The van der Waals surface area contributed by atoms with Crippen LogP contribution in [0.3, 0.4) is 0 Å². The van der Waals surface area contributed by atoms with E-state index in [1.54, 1.807) is 19.1 Å². The summed E-state index contributed by atoms with van der Waals surface area (Å²) >= 11 is 1.28. The highest BCUT2D eigenvalue weighted by molar-refractivity contribution is 7.13. The molecule has 1 fully saturated rings. The van der Waals surface area contributed by atoms with Crippen molar-refractivity contribution >= 4 is 28.3 Å². The molecule has 0 radical (unpaired) electrons. The number of aliphatic hydroxyl groups excluding tert-OH is 2. The standard InChI is InChI=1S/C26H36N2O6S/c1-13-10-25-15(3)8-14(2)24(5,6)18(20(25)31)9-17(11-29)19(30)26(25,33)21(13)34-23(32)28(7)22-27-16(4)12-35-22/h9-10,12,14-15,18-19,21,29-30,33H,8,11H2,1-7H3/t14-,15+,18+,19+,21-,25-,26-/m0/s1. The van der Waals surface area contributed by atoms with Crippen molar-refractivity contribution in [2.75, 3.05) is 18.6 Å². The van der Waals surface area contributed by atoms with Gasteiger partial charge in [-0.3, -0.25) is 9.69 Å². The van der Waals surface area contributed by atoms with E-state index in [1.165, 1.54) is 23.3 Å². The number of fused-ring (bicyclic) bond motifs is 1. The van der Waals surface area contributed by atoms with E-state index in [0.717, 1.165) is 5.69 Å². The number of aryl methyl sites for hydroxylation is 1. The number of rotatable bonds is 3. The van der Waals surface area contributed by atoms with Gasteiger partial charge in [0, 0.05) is 18.3 Å². The van der Waals surface area contributed by atoms with Gasteiger partial charge in [-0.25, -0.2) is 9.78 Å². The monoisotopic (exact) mass is 504 g/mol. The van der Waals surface area contributed by atoms with Gasteiger partial charge in [0.2, 0.25) is 0 Å². The minimum absolute atomic E-state index is 0.121. The summed E-state index contributed by atoms with van der Waals surface area (Å²) in [4.78, 5) is 33.1. The molecule has 7 atom stereocenters. The minimum Gasteiger partial charge on any atom is -0.438 e. The molecular formula is C26H36N2O6S. The van der Waals surface area contributed by atoms with Crippen molar-refractivity contribution in [2.45, 2.75) is 65.8 Å². The number of hydrogen-bond donors (Lipinski definition) is 3. The number of anilines is 1. The van der Waals surface area contributed by atoms with Crippen molar-refractivity contribution in [2.24, 2.45) is 28.6 Å². The fourth-order valence-corrected chi connectivity index (χ4v) is 7.17. The van der Waals surface area contributed by atoms with Gasteiger partial charge in [-0.05, 0) is 48.7 Å². The molecular weight excluding hydrogens is 468 g/mol. The lowest BCUT2D eigenvalue weighted by Crippen LogP contribution is -2.66. The minimum atomic E-state index is -2.17. The summed E-state index contributed by atoms with van der Waals surface area (Å²) in [5, 5.41) is 36.4. The van der Waals surface area contributed by atoms with Crippen LogP contribution in [-0.4, -0.2) is 63.6 Å². The average molecular weight is 505 g/mol. The molecule has 35 heavy (non-hydrogen) atoms. The van der Waals surface area contributed by atoms with Crippen LogP contribution in [0.5, 0.6) is 0 Å². The summed E-state index contributed by atoms with van der Waals surface area (Å²) in [6.07, 6.45) is 0.329. The Morgan fingerprint density at radius 2 is 1.94 bits per heavy atom. The van der Waals surface area contributed by atoms with Crippen molar-refractivity contribution in [3.63, 3.8) is 0 Å². The van der Waals surface area contributed by atoms with Crippen molar-refractivity contribution in [1.29, 1.82) is 0 Å². The topological polar surface area (TPSA) is 120 Å². The Balaban J connectivity index is 1.85. The molecule has 1 aromatic rings. The number of thiazole rings is 1. The lowest BCUT2D eigenvalue weighted by atomic mass is 9.59. The highest BCUT2D eigenvalue weighted by atomic mass is 32.1. The van der Waals surface area contributed by atoms with Gasteiger partial charge in [0.25, 0.3) is 0 Å². The van der Waals surface area contributed by atoms with Crippen LogP contribution in [0.1, 0.15) is 46.7 Å². The van der Waals surface area contributed by atoms with Gasteiger partial charge in [-0.2, -0.15) is 0 Å². The third kappa shape index (κ3) is 3.46. The van der Waals surface area contributed by atoms with Gasteiger partial charge < -0.3 is 20.1 Å². The maximum Gasteiger partial charge on any atom is 0.416 e. The summed E-state index contributed by atoms with van der Waals surface area (Å²) in [6, 6.07) is 0. The Morgan fingerprint density at radius 3 is 2.51 bits per heavy atom. The van der Waals surface area contributed by atoms with Crippen molar-refractivity contribution in [1.82, 2.24) is 4.98 Å². The second kappa shape index (κ2) is 8.50. The third-order valence-electron chi connectivity index (χ3n) is 8.90. The molecule has 2 bridgehead atoms. The summed E-state index contributed by atoms with van der Waals surface area (Å²) in [5.74, 6) is -1.08. The van der Waals surface area contributed by atoms with E-state index >= 15 is 0 Å². The molecule has 192 valence electrons. The quantitative estimate of drug-likeness (QED) is 0.541. The zero-order valence-corrected chi connectivity index (χ0v) is 22.2. The molecule has 0 aromatic carbocycles. The zero-order chi connectivity index (χ0) is 26.1. The SMILES string of the molecule is CC1=C[C@]23C(=O)[C@@H](C=C(CO)[C@@H](O)[C@]2(O)[C@H]1OC(=O)N(C)c1nc(C)cs1)C(C)(C)[C@@H](C)C[C@H]3C. The van der Waals surface area contributed by atoms with Crippen LogP contribution in [0.25, 0.3) is 0 Å². The summed E-state index contributed by atoms with van der Waals surface area (Å²) in [5.41, 5.74) is -2.72. The largest absolute Gasteiger partial charge is 0.438 e. The Morgan fingerprint density at radius 1 is 1.29 bits per heavy atom. The molecule has 0 unspecified atom stereocenters. The zero-order valence-electron chi connectivity index (χ0n) is 21.4. The van der Waals surface area contributed by atoms with Gasteiger partial charge in [-0.15, -0.1) is 11.3 Å². The predicted octanol–water partition coefficient (Wildman–Crippen LogP) is 3.25.